The second kappa shape index (κ2) is 16.4. The van der Waals surface area contributed by atoms with Gasteiger partial charge in [0.15, 0.2) is 5.78 Å². The van der Waals surface area contributed by atoms with Gasteiger partial charge in [-0.25, -0.2) is 0 Å². The number of carbonyl (C=O) groups is 4. The highest BCUT2D eigenvalue weighted by Gasteiger charge is 2.66. The van der Waals surface area contributed by atoms with Crippen LogP contribution in [-0.4, -0.2) is 69.0 Å². The van der Waals surface area contributed by atoms with E-state index in [1.807, 2.05) is 43.5 Å². The van der Waals surface area contributed by atoms with Crippen molar-refractivity contribution in [2.24, 2.45) is 29.1 Å². The number of carbonyl (C=O) groups excluding carboxylic acids is 4. The lowest BCUT2D eigenvalue weighted by atomic mass is 9.53. The molecule has 3 aromatic rings. The van der Waals surface area contributed by atoms with Crippen LogP contribution in [-0.2, 0) is 14.4 Å². The van der Waals surface area contributed by atoms with E-state index in [-0.39, 0.29) is 53.9 Å². The van der Waals surface area contributed by atoms with Crippen molar-refractivity contribution in [2.75, 3.05) is 5.32 Å². The minimum Gasteiger partial charge on any atom is -0.390 e. The smallest absolute Gasteiger partial charge is 0.254 e. The van der Waals surface area contributed by atoms with Crippen LogP contribution in [0.3, 0.4) is 0 Å². The summed E-state index contributed by atoms with van der Waals surface area (Å²) >= 11 is 0. The summed E-state index contributed by atoms with van der Waals surface area (Å²) in [7, 11) is 0. The Bertz CT molecular complexity index is 2030. The molecular weight excluding hydrogens is 695 g/mol. The van der Waals surface area contributed by atoms with Crippen LogP contribution in [0, 0.1) is 29.1 Å². The number of aliphatic hydroxyl groups is 2. The van der Waals surface area contributed by atoms with Gasteiger partial charge >= 0.3 is 0 Å². The van der Waals surface area contributed by atoms with Crippen molar-refractivity contribution in [3.8, 4) is 0 Å². The highest BCUT2D eigenvalue weighted by atomic mass is 16.3. The van der Waals surface area contributed by atoms with Gasteiger partial charge in [-0.15, -0.1) is 0 Å². The second-order valence-electron chi connectivity index (χ2n) is 15.9. The number of aliphatic hydroxyl groups excluding tert-OH is 2. The van der Waals surface area contributed by atoms with Crippen molar-refractivity contribution in [3.05, 3.63) is 95.4 Å². The van der Waals surface area contributed by atoms with E-state index < -0.39 is 47.4 Å². The van der Waals surface area contributed by atoms with Crippen molar-refractivity contribution < 1.29 is 29.4 Å². The molecule has 292 valence electrons. The molecule has 1 aliphatic heterocycles. The van der Waals surface area contributed by atoms with Gasteiger partial charge in [0.2, 0.25) is 11.8 Å². The molecular formula is C44H55N5O6. The predicted octanol–water partition coefficient (Wildman–Crippen LogP) is 5.63. The number of benzene rings is 2. The normalized spacial score (nSPS) is 30.5. The number of hydrogen-bond acceptors (Lipinski definition) is 7. The lowest BCUT2D eigenvalue weighted by Gasteiger charge is -2.46. The van der Waals surface area contributed by atoms with Crippen LogP contribution in [0.4, 0.5) is 5.69 Å². The molecule has 1 aromatic heterocycles. The number of amides is 3. The Balaban J connectivity index is 1.25. The van der Waals surface area contributed by atoms with Gasteiger partial charge in [-0.3, -0.25) is 19.2 Å². The number of rotatable bonds is 9. The van der Waals surface area contributed by atoms with Crippen LogP contribution in [0.2, 0.25) is 0 Å². The standard InChI is InChI=1S/C44H55N5O6/c1-7-25(3)39-38-27(5)26(4)21-30-20-24(2)16-17-36(50)40(52)35(22-37(51)44(30,38)43(55)49-39)48-34-15-11-9-13-32(34)42(54)47-28(6)41(53)45-19-18-29-23-46-33-14-10-8-12-31(29)33/h8-15,18-21,23,25,27-28,30,35-36,38-40,46,48,50,52H,7,16-17,22H2,1-6H3,(H,45,53)(H,47,54)(H,49,55)/b19-18-,24-20+/t25-,27-,28+,30+,35-,36-,38+,39+,40-,44-/m1/s1. The number of H-pyrrole nitrogens is 1. The molecule has 0 radical (unpaired) electrons. The highest BCUT2D eigenvalue weighted by Crippen LogP contribution is 2.56. The fourth-order valence-electron chi connectivity index (χ4n) is 8.90. The number of aromatic amines is 1. The van der Waals surface area contributed by atoms with Gasteiger partial charge in [0.1, 0.15) is 17.6 Å². The number of fused-ring (bicyclic) bond motifs is 1. The molecule has 7 N–H and O–H groups in total. The summed E-state index contributed by atoms with van der Waals surface area (Å²) in [5.41, 5.74) is 3.03. The number of anilines is 1. The summed E-state index contributed by atoms with van der Waals surface area (Å²) in [6.07, 6.45) is 7.91. The highest BCUT2D eigenvalue weighted by molar-refractivity contribution is 6.10. The number of allylic oxidation sites excluding steroid dienone is 4. The third kappa shape index (κ3) is 7.64. The minimum absolute atomic E-state index is 0.0495. The van der Waals surface area contributed by atoms with Gasteiger partial charge in [0.25, 0.3) is 5.91 Å². The van der Waals surface area contributed by atoms with E-state index in [1.54, 1.807) is 37.3 Å². The average molecular weight is 750 g/mol. The van der Waals surface area contributed by atoms with E-state index in [0.717, 1.165) is 34.0 Å². The Labute approximate surface area is 323 Å². The molecule has 0 bridgehead atoms. The first-order valence-corrected chi connectivity index (χ1v) is 19.5. The first-order valence-electron chi connectivity index (χ1n) is 19.5. The molecule has 3 aliphatic rings. The SMILES string of the molecule is CC[C@@H](C)[C@@H]1NC(=O)[C@@]23C(=O)C[C@@H](Nc4ccccc4C(=O)N[C@@H](C)C(=O)N/C=C\c4c[nH]c5ccccc45)[C@@H](O)[C@H](O)CC/C(C)=C/[C@H]2C=C(C)[C@@H](C)[C@@H]13. The maximum absolute atomic E-state index is 15.0. The second-order valence-corrected chi connectivity index (χ2v) is 15.9. The molecule has 1 fully saturated rings. The van der Waals surface area contributed by atoms with Crippen LogP contribution in [0.15, 0.2) is 84.2 Å². The van der Waals surface area contributed by atoms with E-state index in [2.05, 4.69) is 60.0 Å². The Hall–Kier alpha value is -5.00. The summed E-state index contributed by atoms with van der Waals surface area (Å²) in [5, 5.41) is 35.9. The molecule has 11 nitrogen and oxygen atoms in total. The van der Waals surface area contributed by atoms with Gasteiger partial charge in [0, 0.05) is 58.8 Å². The topological polar surface area (TPSA) is 173 Å². The molecule has 2 heterocycles. The quantitative estimate of drug-likeness (QED) is 0.110. The average Bonchev–Trinajstić information content (AvgIpc) is 3.73. The van der Waals surface area contributed by atoms with Crippen molar-refractivity contribution in [1.82, 2.24) is 20.9 Å². The summed E-state index contributed by atoms with van der Waals surface area (Å²) < 4.78 is 0. The Morgan fingerprint density at radius 2 is 1.76 bits per heavy atom. The fraction of sp³-hybridized carbons (Fsp3) is 0.455. The van der Waals surface area contributed by atoms with Crippen molar-refractivity contribution in [2.45, 2.75) is 97.6 Å². The Morgan fingerprint density at radius 3 is 2.53 bits per heavy atom. The van der Waals surface area contributed by atoms with E-state index >= 15 is 4.79 Å². The summed E-state index contributed by atoms with van der Waals surface area (Å²) in [6.45, 7) is 11.9. The molecule has 3 amide bonds. The van der Waals surface area contributed by atoms with Crippen LogP contribution in [0.25, 0.3) is 17.0 Å². The number of ketones is 1. The van der Waals surface area contributed by atoms with E-state index in [4.69, 9.17) is 0 Å². The molecule has 10 atom stereocenters. The molecule has 6 rings (SSSR count). The molecule has 2 aromatic carbocycles. The monoisotopic (exact) mass is 749 g/mol. The van der Waals surface area contributed by atoms with Crippen molar-refractivity contribution >= 4 is 46.2 Å². The zero-order chi connectivity index (χ0) is 39.6. The fourth-order valence-corrected chi connectivity index (χ4v) is 8.90. The minimum atomic E-state index is -1.41. The van der Waals surface area contributed by atoms with Crippen molar-refractivity contribution in [3.63, 3.8) is 0 Å². The first kappa shape index (κ1) is 39.7. The third-order valence-electron chi connectivity index (χ3n) is 12.4. The van der Waals surface area contributed by atoms with Gasteiger partial charge < -0.3 is 36.5 Å². The molecule has 1 spiro atoms. The summed E-state index contributed by atoms with van der Waals surface area (Å²) in [6, 6.07) is 12.3. The molecule has 0 saturated carbocycles. The molecule has 2 aliphatic carbocycles. The maximum Gasteiger partial charge on any atom is 0.254 e. The number of aromatic nitrogens is 1. The molecule has 11 heteroatoms. The van der Waals surface area contributed by atoms with E-state index in [1.165, 1.54) is 6.20 Å². The number of Topliss-reactive ketones (excluding diaryl/α,β-unsaturated/α-hetero) is 1. The van der Waals surface area contributed by atoms with Gasteiger partial charge in [-0.2, -0.15) is 0 Å². The van der Waals surface area contributed by atoms with Gasteiger partial charge in [-0.05, 0) is 69.7 Å². The number of para-hydroxylation sites is 2. The van der Waals surface area contributed by atoms with E-state index in [0.29, 0.717) is 12.1 Å². The van der Waals surface area contributed by atoms with Crippen LogP contribution >= 0.6 is 0 Å². The lowest BCUT2D eigenvalue weighted by molar-refractivity contribution is -0.146. The number of hydrogen-bond donors (Lipinski definition) is 7. The van der Waals surface area contributed by atoms with Crippen molar-refractivity contribution in [1.29, 1.82) is 0 Å². The zero-order valence-electron chi connectivity index (χ0n) is 32.6. The molecule has 1 saturated heterocycles. The predicted molar refractivity (Wildman–Crippen MR) is 215 cm³/mol. The molecule has 55 heavy (non-hydrogen) atoms. The number of nitrogens with one attached hydrogen (secondary N) is 5. The van der Waals surface area contributed by atoms with Crippen LogP contribution in [0.5, 0.6) is 0 Å². The maximum atomic E-state index is 15.0. The lowest BCUT2D eigenvalue weighted by Crippen LogP contribution is -2.55. The first-order chi connectivity index (χ1) is 26.3. The molecule has 0 unspecified atom stereocenters. The van der Waals surface area contributed by atoms with Crippen LogP contribution in [0.1, 0.15) is 83.1 Å². The summed E-state index contributed by atoms with van der Waals surface area (Å²) in [5.74, 6) is -2.31. The zero-order valence-corrected chi connectivity index (χ0v) is 32.6. The summed E-state index contributed by atoms with van der Waals surface area (Å²) in [4.78, 5) is 59.4. The van der Waals surface area contributed by atoms with Gasteiger partial charge in [0.05, 0.1) is 17.7 Å². The van der Waals surface area contributed by atoms with Crippen LogP contribution < -0.4 is 21.3 Å². The largest absolute Gasteiger partial charge is 0.390 e. The Morgan fingerprint density at radius 1 is 1.04 bits per heavy atom. The Kier molecular flexibility index (Phi) is 11.8. The van der Waals surface area contributed by atoms with E-state index in [9.17, 15) is 24.6 Å². The third-order valence-corrected chi connectivity index (χ3v) is 12.4. The van der Waals surface area contributed by atoms with Gasteiger partial charge in [-0.1, -0.05) is 80.8 Å².